The molecular formula is C25H27F4N3O5. The first-order chi connectivity index (χ1) is 17.4. The lowest BCUT2D eigenvalue weighted by atomic mass is 9.84. The lowest BCUT2D eigenvalue weighted by Crippen LogP contribution is -2.61. The van der Waals surface area contributed by atoms with Crippen LogP contribution in [0.25, 0.3) is 0 Å². The van der Waals surface area contributed by atoms with Gasteiger partial charge in [-0.15, -0.1) is 0 Å². The molecule has 8 nitrogen and oxygen atoms in total. The Hall–Kier alpha value is -3.41. The zero-order valence-corrected chi connectivity index (χ0v) is 20.2. The summed E-state index contributed by atoms with van der Waals surface area (Å²) in [6.45, 7) is 1.22. The molecule has 2 N–H and O–H groups in total. The summed E-state index contributed by atoms with van der Waals surface area (Å²) >= 11 is 0. The summed E-state index contributed by atoms with van der Waals surface area (Å²) < 4.78 is 60.6. The first-order valence-corrected chi connectivity index (χ1v) is 11.9. The van der Waals surface area contributed by atoms with Crippen LogP contribution in [0.15, 0.2) is 29.2 Å². The molecule has 1 fully saturated rings. The molecule has 2 aromatic rings. The normalized spacial score (nSPS) is 17.1. The average molecular weight is 525 g/mol. The van der Waals surface area contributed by atoms with Gasteiger partial charge in [0.1, 0.15) is 17.2 Å². The number of carbonyl (C=O) groups excluding carboxylic acids is 2. The van der Waals surface area contributed by atoms with Crippen LogP contribution in [0.2, 0.25) is 0 Å². The fourth-order valence-electron chi connectivity index (χ4n) is 4.91. The Morgan fingerprint density at radius 3 is 2.57 bits per heavy atom. The van der Waals surface area contributed by atoms with Crippen molar-refractivity contribution < 1.29 is 37.0 Å². The van der Waals surface area contributed by atoms with Crippen LogP contribution in [0, 0.1) is 11.6 Å². The lowest BCUT2D eigenvalue weighted by Gasteiger charge is -2.50. The van der Waals surface area contributed by atoms with Crippen molar-refractivity contribution >= 4 is 11.8 Å². The SMILES string of the molecule is CC(F)(F)CCCN1C(=O)c2c(O)c(=O)c(C(=O)NCc3ccc(F)cc3F)cn2CC12CCOCC2. The number of aromatic hydroxyl groups is 1. The van der Waals surface area contributed by atoms with Gasteiger partial charge < -0.3 is 24.6 Å². The Bertz CT molecular complexity index is 1270. The number of fused-ring (bicyclic) bond motifs is 1. The third-order valence-corrected chi connectivity index (χ3v) is 6.86. The number of ether oxygens (including phenoxy) is 1. The summed E-state index contributed by atoms with van der Waals surface area (Å²) in [6.07, 6.45) is 1.55. The molecular weight excluding hydrogens is 498 g/mol. The van der Waals surface area contributed by atoms with Gasteiger partial charge in [-0.1, -0.05) is 6.07 Å². The quantitative estimate of drug-likeness (QED) is 0.541. The monoisotopic (exact) mass is 525 g/mol. The average Bonchev–Trinajstić information content (AvgIpc) is 2.82. The van der Waals surface area contributed by atoms with Gasteiger partial charge in [-0.2, -0.15) is 0 Å². The van der Waals surface area contributed by atoms with Gasteiger partial charge in [0, 0.05) is 57.1 Å². The molecule has 1 spiro atoms. The highest BCUT2D eigenvalue weighted by atomic mass is 19.3. The number of rotatable bonds is 7. The van der Waals surface area contributed by atoms with Crippen molar-refractivity contribution in [3.05, 3.63) is 63.1 Å². The minimum atomic E-state index is -2.91. The van der Waals surface area contributed by atoms with Gasteiger partial charge in [0.15, 0.2) is 11.4 Å². The van der Waals surface area contributed by atoms with Crippen LogP contribution < -0.4 is 10.7 Å². The molecule has 0 atom stereocenters. The van der Waals surface area contributed by atoms with E-state index >= 15 is 0 Å². The predicted molar refractivity (Wildman–Crippen MR) is 124 cm³/mol. The second-order valence-corrected chi connectivity index (χ2v) is 9.58. The molecule has 2 aliphatic rings. The summed E-state index contributed by atoms with van der Waals surface area (Å²) in [6, 6.07) is 2.84. The summed E-state index contributed by atoms with van der Waals surface area (Å²) in [5.41, 5.74) is -2.71. The Balaban J connectivity index is 1.63. The molecule has 0 radical (unpaired) electrons. The molecule has 200 valence electrons. The lowest BCUT2D eigenvalue weighted by molar-refractivity contribution is -0.0414. The third-order valence-electron chi connectivity index (χ3n) is 6.86. The number of alkyl halides is 2. The fraction of sp³-hybridized carbons (Fsp3) is 0.480. The number of hydrogen-bond acceptors (Lipinski definition) is 5. The van der Waals surface area contributed by atoms with E-state index in [0.29, 0.717) is 32.1 Å². The van der Waals surface area contributed by atoms with Gasteiger partial charge >= 0.3 is 0 Å². The number of amides is 2. The Morgan fingerprint density at radius 2 is 1.92 bits per heavy atom. The first-order valence-electron chi connectivity index (χ1n) is 11.9. The van der Waals surface area contributed by atoms with Crippen molar-refractivity contribution in [2.75, 3.05) is 19.8 Å². The maximum atomic E-state index is 13.9. The van der Waals surface area contributed by atoms with Crippen LogP contribution >= 0.6 is 0 Å². The molecule has 0 unspecified atom stereocenters. The van der Waals surface area contributed by atoms with E-state index in [1.807, 2.05) is 0 Å². The summed E-state index contributed by atoms with van der Waals surface area (Å²) in [5, 5.41) is 13.0. The molecule has 37 heavy (non-hydrogen) atoms. The molecule has 12 heteroatoms. The maximum Gasteiger partial charge on any atom is 0.275 e. The number of benzene rings is 1. The third kappa shape index (κ3) is 5.48. The van der Waals surface area contributed by atoms with E-state index in [-0.39, 0.29) is 37.3 Å². The van der Waals surface area contributed by atoms with E-state index in [2.05, 4.69) is 5.32 Å². The van der Waals surface area contributed by atoms with E-state index < -0.39 is 58.1 Å². The molecule has 1 aromatic heterocycles. The minimum Gasteiger partial charge on any atom is -0.503 e. The highest BCUT2D eigenvalue weighted by Gasteiger charge is 2.47. The number of pyridine rings is 1. The minimum absolute atomic E-state index is 0.00135. The molecule has 3 heterocycles. The van der Waals surface area contributed by atoms with Crippen molar-refractivity contribution in [2.24, 2.45) is 0 Å². The van der Waals surface area contributed by atoms with Crippen molar-refractivity contribution in [1.82, 2.24) is 14.8 Å². The van der Waals surface area contributed by atoms with E-state index in [1.165, 1.54) is 15.7 Å². The summed E-state index contributed by atoms with van der Waals surface area (Å²) in [7, 11) is 0. The standard InChI is InChI=1S/C25H27F4N3O5/c1-24(28,29)5-2-8-32-23(36)19-21(34)20(33)17(13-31(19)14-25(32)6-9-37-10-7-25)22(35)30-12-15-3-4-16(26)11-18(15)27/h3-4,11,13,34H,2,5-10,12,14H2,1H3,(H,30,35). The van der Waals surface area contributed by atoms with E-state index in [1.54, 1.807) is 0 Å². The predicted octanol–water partition coefficient (Wildman–Crippen LogP) is 3.20. The second-order valence-electron chi connectivity index (χ2n) is 9.58. The van der Waals surface area contributed by atoms with Gasteiger partial charge in [0.2, 0.25) is 11.4 Å². The van der Waals surface area contributed by atoms with Crippen LogP contribution in [0.3, 0.4) is 0 Å². The fourth-order valence-corrected chi connectivity index (χ4v) is 4.91. The van der Waals surface area contributed by atoms with Crippen molar-refractivity contribution in [3.63, 3.8) is 0 Å². The molecule has 0 saturated carbocycles. The van der Waals surface area contributed by atoms with Crippen LogP contribution in [-0.2, 0) is 17.8 Å². The van der Waals surface area contributed by atoms with Crippen LogP contribution in [0.5, 0.6) is 5.75 Å². The summed E-state index contributed by atoms with van der Waals surface area (Å²) in [5.74, 6) is -7.10. The molecule has 2 aliphatic heterocycles. The van der Waals surface area contributed by atoms with Gasteiger partial charge in [0.25, 0.3) is 11.8 Å². The van der Waals surface area contributed by atoms with Crippen LogP contribution in [-0.4, -0.2) is 57.6 Å². The Kier molecular flexibility index (Phi) is 7.31. The summed E-state index contributed by atoms with van der Waals surface area (Å²) in [4.78, 5) is 40.5. The second kappa shape index (κ2) is 10.2. The molecule has 2 amide bonds. The van der Waals surface area contributed by atoms with Crippen molar-refractivity contribution in [1.29, 1.82) is 0 Å². The van der Waals surface area contributed by atoms with Gasteiger partial charge in [0.05, 0.1) is 5.54 Å². The van der Waals surface area contributed by atoms with Gasteiger partial charge in [-0.3, -0.25) is 14.4 Å². The highest BCUT2D eigenvalue weighted by molar-refractivity contribution is 5.99. The Morgan fingerprint density at radius 1 is 1.22 bits per heavy atom. The van der Waals surface area contributed by atoms with Crippen LogP contribution in [0.1, 0.15) is 59.0 Å². The molecule has 4 rings (SSSR count). The maximum absolute atomic E-state index is 13.9. The van der Waals surface area contributed by atoms with Crippen molar-refractivity contribution in [3.8, 4) is 5.75 Å². The number of hydrogen-bond donors (Lipinski definition) is 2. The molecule has 1 aromatic carbocycles. The zero-order valence-electron chi connectivity index (χ0n) is 20.2. The van der Waals surface area contributed by atoms with Crippen LogP contribution in [0.4, 0.5) is 17.6 Å². The number of carbonyl (C=O) groups is 2. The van der Waals surface area contributed by atoms with E-state index in [0.717, 1.165) is 19.1 Å². The smallest absolute Gasteiger partial charge is 0.275 e. The van der Waals surface area contributed by atoms with Crippen molar-refractivity contribution in [2.45, 2.75) is 57.2 Å². The first kappa shape index (κ1) is 26.6. The topological polar surface area (TPSA) is 101 Å². The Labute approximate surface area is 209 Å². The zero-order chi connectivity index (χ0) is 27.0. The van der Waals surface area contributed by atoms with E-state index in [9.17, 15) is 37.1 Å². The van der Waals surface area contributed by atoms with Gasteiger partial charge in [-0.05, 0) is 32.3 Å². The number of aromatic nitrogens is 1. The molecule has 0 bridgehead atoms. The molecule has 1 saturated heterocycles. The number of nitrogens with one attached hydrogen (secondary N) is 1. The molecule has 0 aliphatic carbocycles. The number of halogens is 4. The van der Waals surface area contributed by atoms with Gasteiger partial charge in [-0.25, -0.2) is 17.6 Å². The number of nitrogens with zero attached hydrogens (tertiary/aromatic N) is 2. The highest BCUT2D eigenvalue weighted by Crippen LogP contribution is 2.37. The van der Waals surface area contributed by atoms with E-state index in [4.69, 9.17) is 4.74 Å². The largest absolute Gasteiger partial charge is 0.503 e.